The Morgan fingerprint density at radius 2 is 2.00 bits per heavy atom. The van der Waals surface area contributed by atoms with Crippen molar-refractivity contribution in [2.24, 2.45) is 5.92 Å². The molecule has 3 aromatic rings. The van der Waals surface area contributed by atoms with Gasteiger partial charge in [0.05, 0.1) is 30.0 Å². The first-order valence-electron chi connectivity index (χ1n) is 11.0. The predicted octanol–water partition coefficient (Wildman–Crippen LogP) is 3.60. The van der Waals surface area contributed by atoms with E-state index in [0.717, 1.165) is 42.5 Å². The number of aryl methyl sites for hydroxylation is 2. The summed E-state index contributed by atoms with van der Waals surface area (Å²) in [5.41, 5.74) is 5.69. The monoisotopic (exact) mass is 429 g/mol. The highest BCUT2D eigenvalue weighted by molar-refractivity contribution is 5.99. The Labute approximate surface area is 187 Å². The normalized spacial score (nSPS) is 19.6. The largest absolute Gasteiger partial charge is 0.369 e. The van der Waals surface area contributed by atoms with Gasteiger partial charge in [0.25, 0.3) is 0 Å². The first-order chi connectivity index (χ1) is 15.5. The van der Waals surface area contributed by atoms with E-state index in [1.54, 1.807) is 18.5 Å². The SMILES string of the molecule is Cc1ccc(NC(=O)Nc2cncc(-c3ccc(N4CC5CCNC5C4)c(C)c3)n2)cn1. The van der Waals surface area contributed by atoms with Gasteiger partial charge in [-0.15, -0.1) is 0 Å². The van der Waals surface area contributed by atoms with Gasteiger partial charge in [0, 0.05) is 36.1 Å². The lowest BCUT2D eigenvalue weighted by molar-refractivity contribution is 0.262. The Balaban J connectivity index is 1.28. The number of pyridine rings is 1. The van der Waals surface area contributed by atoms with Gasteiger partial charge in [-0.25, -0.2) is 9.78 Å². The Hall–Kier alpha value is -3.52. The van der Waals surface area contributed by atoms with E-state index in [9.17, 15) is 4.79 Å². The van der Waals surface area contributed by atoms with Gasteiger partial charge in [-0.05, 0) is 62.6 Å². The fourth-order valence-electron chi connectivity index (χ4n) is 4.60. The summed E-state index contributed by atoms with van der Waals surface area (Å²) in [5, 5.41) is 9.10. The van der Waals surface area contributed by atoms with Crippen molar-refractivity contribution in [3.05, 3.63) is 60.2 Å². The maximum absolute atomic E-state index is 12.3. The molecule has 0 spiro atoms. The van der Waals surface area contributed by atoms with Gasteiger partial charge >= 0.3 is 6.03 Å². The zero-order chi connectivity index (χ0) is 22.1. The third-order valence-corrected chi connectivity index (χ3v) is 6.24. The summed E-state index contributed by atoms with van der Waals surface area (Å²) in [6.07, 6.45) is 6.13. The van der Waals surface area contributed by atoms with Gasteiger partial charge in [-0.1, -0.05) is 6.07 Å². The van der Waals surface area contributed by atoms with Gasteiger partial charge in [-0.2, -0.15) is 0 Å². The molecule has 5 rings (SSSR count). The van der Waals surface area contributed by atoms with E-state index in [1.165, 1.54) is 23.9 Å². The van der Waals surface area contributed by atoms with Crippen LogP contribution in [0.3, 0.4) is 0 Å². The lowest BCUT2D eigenvalue weighted by atomic mass is 10.1. The number of carbonyl (C=O) groups excluding carboxylic acids is 1. The zero-order valence-corrected chi connectivity index (χ0v) is 18.3. The summed E-state index contributed by atoms with van der Waals surface area (Å²) in [4.78, 5) is 27.8. The smallest absolute Gasteiger partial charge is 0.324 e. The molecule has 0 saturated carbocycles. The number of fused-ring (bicyclic) bond motifs is 1. The summed E-state index contributed by atoms with van der Waals surface area (Å²) in [5.74, 6) is 1.14. The van der Waals surface area contributed by atoms with Gasteiger partial charge in [0.1, 0.15) is 0 Å². The van der Waals surface area contributed by atoms with E-state index in [1.807, 2.05) is 13.0 Å². The van der Waals surface area contributed by atoms with E-state index in [0.29, 0.717) is 17.5 Å². The minimum atomic E-state index is -0.387. The van der Waals surface area contributed by atoms with E-state index in [4.69, 9.17) is 0 Å². The highest BCUT2D eigenvalue weighted by atomic mass is 16.2. The number of hydrogen-bond acceptors (Lipinski definition) is 6. The number of urea groups is 1. The number of rotatable bonds is 4. The second kappa shape index (κ2) is 8.55. The summed E-state index contributed by atoms with van der Waals surface area (Å²) >= 11 is 0. The van der Waals surface area contributed by atoms with Crippen molar-refractivity contribution in [2.45, 2.75) is 26.3 Å². The minimum absolute atomic E-state index is 0.387. The van der Waals surface area contributed by atoms with Crippen LogP contribution < -0.4 is 20.9 Å². The fraction of sp³-hybridized carbons (Fsp3) is 0.333. The maximum atomic E-state index is 12.3. The Morgan fingerprint density at radius 3 is 2.78 bits per heavy atom. The highest BCUT2D eigenvalue weighted by Gasteiger charge is 2.36. The third-order valence-electron chi connectivity index (χ3n) is 6.24. The van der Waals surface area contributed by atoms with Crippen LogP contribution in [0.1, 0.15) is 17.7 Å². The molecule has 0 bridgehead atoms. The van der Waals surface area contributed by atoms with Gasteiger partial charge < -0.3 is 15.5 Å². The van der Waals surface area contributed by atoms with Gasteiger partial charge in [0.15, 0.2) is 5.82 Å². The minimum Gasteiger partial charge on any atom is -0.369 e. The fourth-order valence-corrected chi connectivity index (χ4v) is 4.60. The molecule has 0 aliphatic carbocycles. The van der Waals surface area contributed by atoms with E-state index < -0.39 is 0 Å². The highest BCUT2D eigenvalue weighted by Crippen LogP contribution is 2.32. The van der Waals surface area contributed by atoms with Crippen molar-refractivity contribution >= 4 is 23.2 Å². The number of anilines is 3. The first-order valence-corrected chi connectivity index (χ1v) is 11.0. The molecule has 32 heavy (non-hydrogen) atoms. The predicted molar refractivity (Wildman–Crippen MR) is 126 cm³/mol. The van der Waals surface area contributed by atoms with Crippen molar-refractivity contribution in [1.82, 2.24) is 20.3 Å². The molecule has 1 aromatic carbocycles. The van der Waals surface area contributed by atoms with Crippen molar-refractivity contribution in [2.75, 3.05) is 35.2 Å². The number of carbonyl (C=O) groups is 1. The molecular formula is C24H27N7O. The molecule has 8 heteroatoms. The number of hydrogen-bond donors (Lipinski definition) is 3. The van der Waals surface area contributed by atoms with Crippen LogP contribution in [0.25, 0.3) is 11.3 Å². The van der Waals surface area contributed by atoms with Crippen LogP contribution in [0.4, 0.5) is 22.0 Å². The first kappa shape index (κ1) is 20.4. The van der Waals surface area contributed by atoms with Crippen molar-refractivity contribution in [1.29, 1.82) is 0 Å². The molecule has 2 unspecified atom stereocenters. The Bertz CT molecular complexity index is 1120. The average Bonchev–Trinajstić information content (AvgIpc) is 3.38. The number of nitrogens with one attached hydrogen (secondary N) is 3. The van der Waals surface area contributed by atoms with Crippen LogP contribution in [-0.2, 0) is 0 Å². The molecule has 164 valence electrons. The second-order valence-electron chi connectivity index (χ2n) is 8.57. The number of amides is 2. The standard InChI is InChI=1S/C24H27N7O/c1-15-9-17(4-6-22(15)31-13-18-7-8-26-21(18)14-31)20-11-25-12-23(29-20)30-24(32)28-19-5-3-16(2)27-10-19/h3-6,9-12,18,21,26H,7-8,13-14H2,1-2H3,(H2,28,29,30,32). The Kier molecular flexibility index (Phi) is 5.45. The summed E-state index contributed by atoms with van der Waals surface area (Å²) in [6, 6.07) is 10.3. The van der Waals surface area contributed by atoms with Crippen LogP contribution in [0.2, 0.25) is 0 Å². The summed E-state index contributed by atoms with van der Waals surface area (Å²) < 4.78 is 0. The molecule has 2 atom stereocenters. The van der Waals surface area contributed by atoms with Crippen LogP contribution >= 0.6 is 0 Å². The average molecular weight is 430 g/mol. The molecule has 3 N–H and O–H groups in total. The topological polar surface area (TPSA) is 95.1 Å². The molecule has 2 aromatic heterocycles. The molecule has 8 nitrogen and oxygen atoms in total. The van der Waals surface area contributed by atoms with Crippen LogP contribution in [0, 0.1) is 19.8 Å². The summed E-state index contributed by atoms with van der Waals surface area (Å²) in [7, 11) is 0. The van der Waals surface area contributed by atoms with Crippen LogP contribution in [-0.4, -0.2) is 46.7 Å². The molecule has 2 aliphatic rings. The molecule has 2 aliphatic heterocycles. The molecule has 0 radical (unpaired) electrons. The van der Waals surface area contributed by atoms with E-state index in [2.05, 4.69) is 60.9 Å². The number of nitrogens with zero attached hydrogens (tertiary/aromatic N) is 4. The molecule has 4 heterocycles. The van der Waals surface area contributed by atoms with E-state index >= 15 is 0 Å². The second-order valence-corrected chi connectivity index (χ2v) is 8.57. The van der Waals surface area contributed by atoms with Crippen molar-refractivity contribution < 1.29 is 4.79 Å². The van der Waals surface area contributed by atoms with E-state index in [-0.39, 0.29) is 6.03 Å². The molecule has 2 saturated heterocycles. The quantitative estimate of drug-likeness (QED) is 0.587. The molecule has 2 amide bonds. The number of benzene rings is 1. The maximum Gasteiger partial charge on any atom is 0.324 e. The third kappa shape index (κ3) is 4.27. The van der Waals surface area contributed by atoms with Crippen LogP contribution in [0.15, 0.2) is 48.9 Å². The molecular weight excluding hydrogens is 402 g/mol. The van der Waals surface area contributed by atoms with Crippen LogP contribution in [0.5, 0.6) is 0 Å². The van der Waals surface area contributed by atoms with Crippen molar-refractivity contribution in [3.63, 3.8) is 0 Å². The van der Waals surface area contributed by atoms with Gasteiger partial charge in [-0.3, -0.25) is 15.3 Å². The van der Waals surface area contributed by atoms with Gasteiger partial charge in [0.2, 0.25) is 0 Å². The molecule has 2 fully saturated rings. The summed E-state index contributed by atoms with van der Waals surface area (Å²) in [6.45, 7) is 7.36. The lowest BCUT2D eigenvalue weighted by Gasteiger charge is -2.22. The lowest BCUT2D eigenvalue weighted by Crippen LogP contribution is -2.30. The Morgan fingerprint density at radius 1 is 1.09 bits per heavy atom. The van der Waals surface area contributed by atoms with Crippen molar-refractivity contribution in [3.8, 4) is 11.3 Å². The number of aromatic nitrogens is 3. The zero-order valence-electron chi connectivity index (χ0n) is 18.3.